The molecule has 1 amide bonds. The van der Waals surface area contributed by atoms with Gasteiger partial charge in [-0.15, -0.1) is 0 Å². The molecule has 104 valence electrons. The van der Waals surface area contributed by atoms with Crippen LogP contribution >= 0.6 is 11.6 Å². The number of halogens is 1. The number of rotatable bonds is 6. The summed E-state index contributed by atoms with van der Waals surface area (Å²) >= 11 is 5.75. The van der Waals surface area contributed by atoms with Crippen LogP contribution in [0.15, 0.2) is 12.3 Å². The third kappa shape index (κ3) is 4.46. The summed E-state index contributed by atoms with van der Waals surface area (Å²) in [7, 11) is 1.57. The fourth-order valence-electron chi connectivity index (χ4n) is 1.40. The summed E-state index contributed by atoms with van der Waals surface area (Å²) in [5.74, 6) is -0.372. The molecule has 0 spiro atoms. The second-order valence-electron chi connectivity index (χ2n) is 4.06. The Morgan fingerprint density at radius 1 is 1.68 bits per heavy atom. The minimum absolute atomic E-state index is 0.0134. The van der Waals surface area contributed by atoms with Crippen LogP contribution in [0.2, 0.25) is 5.15 Å². The molecule has 1 aromatic heterocycles. The predicted octanol–water partition coefficient (Wildman–Crippen LogP) is 1.66. The molecule has 0 saturated carbocycles. The van der Waals surface area contributed by atoms with Crippen LogP contribution in [-0.2, 0) is 4.74 Å². The minimum Gasteiger partial charge on any atom is -0.384 e. The number of nitro groups is 1. The van der Waals surface area contributed by atoms with Gasteiger partial charge in [-0.2, -0.15) is 0 Å². The van der Waals surface area contributed by atoms with Gasteiger partial charge in [0.2, 0.25) is 0 Å². The van der Waals surface area contributed by atoms with Gasteiger partial charge in [-0.3, -0.25) is 14.9 Å². The van der Waals surface area contributed by atoms with Gasteiger partial charge in [0.15, 0.2) is 0 Å². The largest absolute Gasteiger partial charge is 0.384 e. The first-order valence-electron chi connectivity index (χ1n) is 5.52. The fraction of sp³-hybridized carbons (Fsp3) is 0.455. The fourth-order valence-corrected chi connectivity index (χ4v) is 1.59. The number of pyridine rings is 1. The van der Waals surface area contributed by atoms with E-state index in [2.05, 4.69) is 10.3 Å². The lowest BCUT2D eigenvalue weighted by Gasteiger charge is -2.11. The van der Waals surface area contributed by atoms with Crippen LogP contribution in [0.3, 0.4) is 0 Å². The molecule has 0 aliphatic heterocycles. The molecule has 0 bridgehead atoms. The zero-order valence-corrected chi connectivity index (χ0v) is 11.3. The monoisotopic (exact) mass is 287 g/mol. The second kappa shape index (κ2) is 7.01. The zero-order chi connectivity index (χ0) is 14.4. The molecular weight excluding hydrogens is 274 g/mol. The molecule has 19 heavy (non-hydrogen) atoms. The number of nitrogens with zero attached hydrogens (tertiary/aromatic N) is 2. The summed E-state index contributed by atoms with van der Waals surface area (Å²) in [6.07, 6.45) is 1.01. The van der Waals surface area contributed by atoms with Gasteiger partial charge in [0.1, 0.15) is 11.3 Å². The van der Waals surface area contributed by atoms with Gasteiger partial charge in [-0.1, -0.05) is 18.5 Å². The molecule has 7 nitrogen and oxygen atoms in total. The maximum absolute atomic E-state index is 11.9. The number of nitrogens with one attached hydrogen (secondary N) is 1. The SMILES string of the molecule is COCC(C)CNC(=O)c1cc([N+](=O)[O-])cnc1Cl. The quantitative estimate of drug-likeness (QED) is 0.488. The van der Waals surface area contributed by atoms with Crippen LogP contribution in [0.5, 0.6) is 0 Å². The van der Waals surface area contributed by atoms with E-state index >= 15 is 0 Å². The molecule has 0 aliphatic rings. The second-order valence-corrected chi connectivity index (χ2v) is 4.42. The number of carbonyl (C=O) groups is 1. The molecule has 1 rings (SSSR count). The highest BCUT2D eigenvalue weighted by Gasteiger charge is 2.17. The van der Waals surface area contributed by atoms with Crippen molar-refractivity contribution in [3.8, 4) is 0 Å². The molecule has 1 atom stereocenters. The van der Waals surface area contributed by atoms with E-state index in [4.69, 9.17) is 16.3 Å². The molecule has 1 heterocycles. The number of amides is 1. The molecule has 1 aromatic rings. The first-order valence-corrected chi connectivity index (χ1v) is 5.90. The third-order valence-corrected chi connectivity index (χ3v) is 2.64. The number of carbonyl (C=O) groups excluding carboxylic acids is 1. The molecule has 8 heteroatoms. The lowest BCUT2D eigenvalue weighted by Crippen LogP contribution is -2.30. The summed E-state index contributed by atoms with van der Waals surface area (Å²) in [6.45, 7) is 2.78. The highest BCUT2D eigenvalue weighted by molar-refractivity contribution is 6.32. The van der Waals surface area contributed by atoms with Gasteiger partial charge in [-0.25, -0.2) is 4.98 Å². The van der Waals surface area contributed by atoms with Gasteiger partial charge in [0.05, 0.1) is 17.1 Å². The number of aromatic nitrogens is 1. The van der Waals surface area contributed by atoms with E-state index in [1.54, 1.807) is 7.11 Å². The van der Waals surface area contributed by atoms with Crippen molar-refractivity contribution in [1.29, 1.82) is 0 Å². The number of methoxy groups -OCH3 is 1. The summed E-state index contributed by atoms with van der Waals surface area (Å²) in [5.41, 5.74) is -0.292. The van der Waals surface area contributed by atoms with E-state index in [1.807, 2.05) is 6.92 Å². The topological polar surface area (TPSA) is 94.4 Å². The van der Waals surface area contributed by atoms with Crippen LogP contribution in [0, 0.1) is 16.0 Å². The van der Waals surface area contributed by atoms with Gasteiger partial charge in [0, 0.05) is 19.7 Å². The molecule has 1 unspecified atom stereocenters. The Morgan fingerprint density at radius 3 is 2.95 bits per heavy atom. The molecule has 0 radical (unpaired) electrons. The van der Waals surface area contributed by atoms with Gasteiger partial charge in [0.25, 0.3) is 11.6 Å². The number of ether oxygens (including phenoxy) is 1. The maximum Gasteiger partial charge on any atom is 0.288 e. The van der Waals surface area contributed by atoms with E-state index < -0.39 is 10.8 Å². The number of hydrogen-bond acceptors (Lipinski definition) is 5. The molecule has 0 fully saturated rings. The van der Waals surface area contributed by atoms with Gasteiger partial charge >= 0.3 is 0 Å². The molecule has 0 aromatic carbocycles. The highest BCUT2D eigenvalue weighted by Crippen LogP contribution is 2.18. The normalized spacial score (nSPS) is 11.9. The van der Waals surface area contributed by atoms with Gasteiger partial charge in [-0.05, 0) is 5.92 Å². The molecule has 0 saturated heterocycles. The van der Waals surface area contributed by atoms with E-state index in [9.17, 15) is 14.9 Å². The smallest absolute Gasteiger partial charge is 0.288 e. The Bertz CT molecular complexity index is 481. The van der Waals surface area contributed by atoms with Crippen molar-refractivity contribution in [2.75, 3.05) is 20.3 Å². The van der Waals surface area contributed by atoms with Crippen molar-refractivity contribution in [3.63, 3.8) is 0 Å². The lowest BCUT2D eigenvalue weighted by atomic mass is 10.2. The van der Waals surface area contributed by atoms with Crippen molar-refractivity contribution < 1.29 is 14.5 Å². The van der Waals surface area contributed by atoms with E-state index in [0.29, 0.717) is 13.2 Å². The highest BCUT2D eigenvalue weighted by atomic mass is 35.5. The summed E-state index contributed by atoms with van der Waals surface area (Å²) in [6, 6.07) is 1.10. The maximum atomic E-state index is 11.9. The Labute approximate surface area is 115 Å². The van der Waals surface area contributed by atoms with Crippen molar-refractivity contribution in [1.82, 2.24) is 10.3 Å². The van der Waals surface area contributed by atoms with Crippen molar-refractivity contribution in [3.05, 3.63) is 33.1 Å². The lowest BCUT2D eigenvalue weighted by molar-refractivity contribution is -0.385. The standard InChI is InChI=1S/C11H14ClN3O4/c1-7(6-19-2)4-14-11(16)9-3-8(15(17)18)5-13-10(9)12/h3,5,7H,4,6H2,1-2H3,(H,14,16). The first-order chi connectivity index (χ1) is 8.95. The minimum atomic E-state index is -0.631. The summed E-state index contributed by atoms with van der Waals surface area (Å²) in [4.78, 5) is 25.5. The van der Waals surface area contributed by atoms with Crippen LogP contribution < -0.4 is 5.32 Å². The average Bonchev–Trinajstić information content (AvgIpc) is 2.36. The Balaban J connectivity index is 2.76. The van der Waals surface area contributed by atoms with Crippen molar-refractivity contribution >= 4 is 23.2 Å². The van der Waals surface area contributed by atoms with Crippen LogP contribution in [0.1, 0.15) is 17.3 Å². The number of hydrogen-bond donors (Lipinski definition) is 1. The predicted molar refractivity (Wildman–Crippen MR) is 69.3 cm³/mol. The summed E-state index contributed by atoms with van der Waals surface area (Å²) < 4.78 is 4.94. The van der Waals surface area contributed by atoms with E-state index in [0.717, 1.165) is 12.3 Å². The van der Waals surface area contributed by atoms with Crippen LogP contribution in [0.25, 0.3) is 0 Å². The van der Waals surface area contributed by atoms with Crippen molar-refractivity contribution in [2.24, 2.45) is 5.92 Å². The zero-order valence-electron chi connectivity index (χ0n) is 10.6. The Morgan fingerprint density at radius 2 is 2.37 bits per heavy atom. The van der Waals surface area contributed by atoms with Crippen molar-refractivity contribution in [2.45, 2.75) is 6.92 Å². The van der Waals surface area contributed by atoms with E-state index in [-0.39, 0.29) is 22.3 Å². The summed E-state index contributed by atoms with van der Waals surface area (Å²) in [5, 5.41) is 13.2. The molecular formula is C11H14ClN3O4. The molecule has 0 aliphatic carbocycles. The van der Waals surface area contributed by atoms with E-state index in [1.165, 1.54) is 0 Å². The van der Waals surface area contributed by atoms with Crippen LogP contribution in [-0.4, -0.2) is 36.1 Å². The van der Waals surface area contributed by atoms with Gasteiger partial charge < -0.3 is 10.1 Å². The van der Waals surface area contributed by atoms with Crippen LogP contribution in [0.4, 0.5) is 5.69 Å². The average molecular weight is 288 g/mol. The first kappa shape index (κ1) is 15.3. The Hall–Kier alpha value is -1.73. The third-order valence-electron chi connectivity index (χ3n) is 2.34. The Kier molecular flexibility index (Phi) is 5.65. The molecule has 1 N–H and O–H groups in total.